The minimum atomic E-state index is -3.07. The molecular formula is C12H22N2O4S. The van der Waals surface area contributed by atoms with Crippen molar-refractivity contribution in [2.24, 2.45) is 0 Å². The van der Waals surface area contributed by atoms with Crippen LogP contribution in [-0.4, -0.2) is 62.7 Å². The lowest BCUT2D eigenvalue weighted by atomic mass is 10.1. The number of alkyl carbamates (subject to hydrolysis) is 1. The Labute approximate surface area is 114 Å². The highest BCUT2D eigenvalue weighted by molar-refractivity contribution is 7.91. The van der Waals surface area contributed by atoms with Gasteiger partial charge in [-0.2, -0.15) is 0 Å². The number of rotatable bonds is 3. The molecule has 0 saturated carbocycles. The number of amides is 1. The largest absolute Gasteiger partial charge is 0.450 e. The molecule has 19 heavy (non-hydrogen) atoms. The lowest BCUT2D eigenvalue weighted by molar-refractivity contribution is 0.128. The topological polar surface area (TPSA) is 75.7 Å². The van der Waals surface area contributed by atoms with Crippen LogP contribution in [0.5, 0.6) is 0 Å². The van der Waals surface area contributed by atoms with E-state index < -0.39 is 15.9 Å². The number of nitrogens with zero attached hydrogens (tertiary/aromatic N) is 1. The summed E-state index contributed by atoms with van der Waals surface area (Å²) in [6.07, 6.45) is 2.88. The predicted octanol–water partition coefficient (Wildman–Crippen LogP) is 0.384. The fourth-order valence-electron chi connectivity index (χ4n) is 2.90. The first-order chi connectivity index (χ1) is 9.02. The van der Waals surface area contributed by atoms with E-state index in [2.05, 4.69) is 10.2 Å². The van der Waals surface area contributed by atoms with E-state index >= 15 is 0 Å². The molecule has 6 nitrogen and oxygen atoms in total. The number of piperidine rings is 1. The molecule has 2 atom stereocenters. The van der Waals surface area contributed by atoms with Gasteiger partial charge in [0.05, 0.1) is 24.2 Å². The molecule has 110 valence electrons. The van der Waals surface area contributed by atoms with Crippen molar-refractivity contribution < 1.29 is 17.9 Å². The van der Waals surface area contributed by atoms with E-state index in [-0.39, 0.29) is 23.6 Å². The summed E-state index contributed by atoms with van der Waals surface area (Å²) in [7, 11) is -3.07. The van der Waals surface area contributed by atoms with Gasteiger partial charge in [0, 0.05) is 6.04 Å². The summed E-state index contributed by atoms with van der Waals surface area (Å²) >= 11 is 0. The van der Waals surface area contributed by atoms with Gasteiger partial charge < -0.3 is 10.1 Å². The number of likely N-dealkylation sites (tertiary alicyclic amines) is 1. The Hall–Kier alpha value is -0.820. The third-order valence-corrected chi connectivity index (χ3v) is 5.48. The zero-order chi connectivity index (χ0) is 13.9. The van der Waals surface area contributed by atoms with Gasteiger partial charge in [0.15, 0.2) is 9.84 Å². The molecule has 0 bridgehead atoms. The Balaban J connectivity index is 2.03. The molecule has 0 spiro atoms. The lowest BCUT2D eigenvalue weighted by Gasteiger charge is -2.34. The summed E-state index contributed by atoms with van der Waals surface area (Å²) < 4.78 is 28.5. The van der Waals surface area contributed by atoms with Crippen molar-refractivity contribution in [1.82, 2.24) is 10.2 Å². The van der Waals surface area contributed by atoms with Crippen LogP contribution in [0.25, 0.3) is 0 Å². The fourth-order valence-corrected chi connectivity index (χ4v) is 4.85. The average Bonchev–Trinajstić information content (AvgIpc) is 2.66. The molecule has 2 saturated heterocycles. The summed E-state index contributed by atoms with van der Waals surface area (Å²) in [4.78, 5) is 13.7. The number of carbonyl (C=O) groups excluding carboxylic acids is 1. The Bertz CT molecular complexity index is 417. The van der Waals surface area contributed by atoms with E-state index in [9.17, 15) is 13.2 Å². The molecule has 7 heteroatoms. The van der Waals surface area contributed by atoms with Crippen molar-refractivity contribution in [2.45, 2.75) is 38.3 Å². The Kier molecular flexibility index (Phi) is 4.67. The highest BCUT2D eigenvalue weighted by Crippen LogP contribution is 2.22. The molecule has 1 amide bonds. The van der Waals surface area contributed by atoms with E-state index in [0.717, 1.165) is 25.9 Å². The zero-order valence-electron chi connectivity index (χ0n) is 11.3. The summed E-state index contributed by atoms with van der Waals surface area (Å²) in [6, 6.07) is -0.447. The molecule has 0 radical (unpaired) electrons. The molecule has 1 N–H and O–H groups in total. The summed E-state index contributed by atoms with van der Waals surface area (Å²) in [5.74, 6) is 0.164. The number of hydrogen-bond donors (Lipinski definition) is 1. The predicted molar refractivity (Wildman–Crippen MR) is 71.8 cm³/mol. The van der Waals surface area contributed by atoms with Gasteiger partial charge in [-0.15, -0.1) is 0 Å². The Morgan fingerprint density at radius 2 is 1.95 bits per heavy atom. The van der Waals surface area contributed by atoms with Crippen molar-refractivity contribution in [3.8, 4) is 0 Å². The number of carbonyl (C=O) groups is 1. The number of nitrogens with one attached hydrogen (secondary N) is 1. The normalized spacial score (nSPS) is 31.0. The zero-order valence-corrected chi connectivity index (χ0v) is 12.1. The fraction of sp³-hybridized carbons (Fsp3) is 0.917. The minimum Gasteiger partial charge on any atom is -0.450 e. The third-order valence-electron chi connectivity index (χ3n) is 3.76. The molecule has 2 heterocycles. The summed E-state index contributed by atoms with van der Waals surface area (Å²) in [5, 5.41) is 2.70. The van der Waals surface area contributed by atoms with E-state index in [1.54, 1.807) is 6.92 Å². The van der Waals surface area contributed by atoms with Gasteiger partial charge >= 0.3 is 6.09 Å². The summed E-state index contributed by atoms with van der Waals surface area (Å²) in [6.45, 7) is 3.86. The average molecular weight is 290 g/mol. The molecule has 0 aliphatic carbocycles. The van der Waals surface area contributed by atoms with Gasteiger partial charge in [-0.05, 0) is 32.9 Å². The Morgan fingerprint density at radius 1 is 1.26 bits per heavy atom. The van der Waals surface area contributed by atoms with Crippen LogP contribution in [0.1, 0.15) is 26.2 Å². The van der Waals surface area contributed by atoms with Gasteiger partial charge in [-0.1, -0.05) is 6.42 Å². The van der Waals surface area contributed by atoms with Gasteiger partial charge in [0.2, 0.25) is 0 Å². The van der Waals surface area contributed by atoms with E-state index in [4.69, 9.17) is 4.74 Å². The van der Waals surface area contributed by atoms with Crippen molar-refractivity contribution in [3.05, 3.63) is 0 Å². The van der Waals surface area contributed by atoms with Crippen molar-refractivity contribution >= 4 is 15.9 Å². The summed E-state index contributed by atoms with van der Waals surface area (Å²) in [5.41, 5.74) is 0. The van der Waals surface area contributed by atoms with Gasteiger partial charge in [0.1, 0.15) is 0 Å². The van der Waals surface area contributed by atoms with Crippen LogP contribution in [0.4, 0.5) is 4.79 Å². The van der Waals surface area contributed by atoms with Crippen LogP contribution in [-0.2, 0) is 14.6 Å². The third kappa shape index (κ3) is 3.82. The van der Waals surface area contributed by atoms with E-state index in [0.29, 0.717) is 6.61 Å². The second kappa shape index (κ2) is 6.09. The van der Waals surface area contributed by atoms with Crippen molar-refractivity contribution in [3.63, 3.8) is 0 Å². The molecule has 2 aliphatic rings. The SMILES string of the molecule is CCOC(=O)N[C@H]1CS(=O)(=O)C[C@H]1N1CCCCC1. The maximum Gasteiger partial charge on any atom is 0.407 e. The smallest absolute Gasteiger partial charge is 0.407 e. The van der Waals surface area contributed by atoms with Crippen LogP contribution in [0.2, 0.25) is 0 Å². The van der Waals surface area contributed by atoms with Crippen LogP contribution in [0.15, 0.2) is 0 Å². The van der Waals surface area contributed by atoms with E-state index in [1.807, 2.05) is 0 Å². The number of hydrogen-bond acceptors (Lipinski definition) is 5. The maximum atomic E-state index is 11.8. The second-order valence-corrected chi connectivity index (χ2v) is 7.37. The molecular weight excluding hydrogens is 268 g/mol. The van der Waals surface area contributed by atoms with Crippen LogP contribution < -0.4 is 5.32 Å². The first kappa shape index (κ1) is 14.6. The highest BCUT2D eigenvalue weighted by atomic mass is 32.2. The lowest BCUT2D eigenvalue weighted by Crippen LogP contribution is -2.52. The first-order valence-electron chi connectivity index (χ1n) is 6.89. The molecule has 0 aromatic heterocycles. The number of sulfone groups is 1. The first-order valence-corrected chi connectivity index (χ1v) is 8.72. The van der Waals surface area contributed by atoms with Crippen molar-refractivity contribution in [1.29, 1.82) is 0 Å². The molecule has 0 aromatic rings. The number of ether oxygens (including phenoxy) is 1. The Morgan fingerprint density at radius 3 is 2.58 bits per heavy atom. The quantitative estimate of drug-likeness (QED) is 0.813. The molecule has 2 rings (SSSR count). The van der Waals surface area contributed by atoms with Gasteiger partial charge in [-0.3, -0.25) is 4.90 Å². The van der Waals surface area contributed by atoms with Gasteiger partial charge in [-0.25, -0.2) is 13.2 Å². The van der Waals surface area contributed by atoms with E-state index in [1.165, 1.54) is 6.42 Å². The maximum absolute atomic E-state index is 11.8. The van der Waals surface area contributed by atoms with Crippen LogP contribution in [0.3, 0.4) is 0 Å². The van der Waals surface area contributed by atoms with Crippen LogP contribution in [0, 0.1) is 0 Å². The molecule has 2 fully saturated rings. The second-order valence-electron chi connectivity index (χ2n) is 5.21. The minimum absolute atomic E-state index is 0.0208. The monoisotopic (exact) mass is 290 g/mol. The molecule has 2 aliphatic heterocycles. The van der Waals surface area contributed by atoms with Gasteiger partial charge in [0.25, 0.3) is 0 Å². The van der Waals surface area contributed by atoms with Crippen molar-refractivity contribution in [2.75, 3.05) is 31.2 Å². The van der Waals surface area contributed by atoms with Crippen LogP contribution >= 0.6 is 0 Å². The molecule has 0 aromatic carbocycles. The highest BCUT2D eigenvalue weighted by Gasteiger charge is 2.42. The standard InChI is InChI=1S/C12H22N2O4S/c1-2-18-12(15)13-10-8-19(16,17)9-11(10)14-6-4-3-5-7-14/h10-11H,2-9H2,1H3,(H,13,15)/t10-,11+/m0/s1. The molecule has 0 unspecified atom stereocenters.